The van der Waals surface area contributed by atoms with Gasteiger partial charge in [0.15, 0.2) is 11.5 Å². The second-order valence-corrected chi connectivity index (χ2v) is 4.73. The summed E-state index contributed by atoms with van der Waals surface area (Å²) in [4.78, 5) is 0. The van der Waals surface area contributed by atoms with Crippen molar-refractivity contribution in [1.29, 1.82) is 0 Å². The number of ether oxygens (including phenoxy) is 2. The number of quaternary nitrogens is 1. The second-order valence-electron chi connectivity index (χ2n) is 4.73. The van der Waals surface area contributed by atoms with E-state index in [2.05, 4.69) is 53.9 Å². The molecule has 0 saturated heterocycles. The van der Waals surface area contributed by atoms with Crippen LogP contribution in [0, 0.1) is 0 Å². The van der Waals surface area contributed by atoms with Crippen LogP contribution in [0.1, 0.15) is 11.1 Å². The molecule has 3 heteroatoms. The number of hydrogen-bond donors (Lipinski definition) is 1. The summed E-state index contributed by atoms with van der Waals surface area (Å²) in [5.74, 6) is 1.70. The maximum Gasteiger partial charge on any atom is 0.231 e. The Morgan fingerprint density at radius 1 is 1.00 bits per heavy atom. The highest BCUT2D eigenvalue weighted by Gasteiger charge is 2.13. The molecule has 0 spiro atoms. The van der Waals surface area contributed by atoms with Crippen LogP contribution < -0.4 is 14.8 Å². The molecule has 0 radical (unpaired) electrons. The zero-order chi connectivity index (χ0) is 13.6. The van der Waals surface area contributed by atoms with Gasteiger partial charge in [-0.25, -0.2) is 0 Å². The molecule has 3 nitrogen and oxygen atoms in total. The van der Waals surface area contributed by atoms with Gasteiger partial charge in [0.1, 0.15) is 6.54 Å². The minimum atomic E-state index is 0.336. The Balaban J connectivity index is 1.47. The van der Waals surface area contributed by atoms with Crippen molar-refractivity contribution < 1.29 is 14.8 Å². The summed E-state index contributed by atoms with van der Waals surface area (Å²) < 4.78 is 10.7. The van der Waals surface area contributed by atoms with Crippen LogP contribution in [0.15, 0.2) is 54.6 Å². The molecule has 1 heterocycles. The van der Waals surface area contributed by atoms with Crippen molar-refractivity contribution in [2.75, 3.05) is 13.3 Å². The molecule has 0 atom stereocenters. The van der Waals surface area contributed by atoms with Gasteiger partial charge in [-0.3, -0.25) is 0 Å². The van der Waals surface area contributed by atoms with E-state index in [1.165, 1.54) is 11.1 Å². The molecule has 2 aromatic carbocycles. The Morgan fingerprint density at radius 3 is 2.75 bits per heavy atom. The second kappa shape index (κ2) is 6.26. The highest BCUT2D eigenvalue weighted by Crippen LogP contribution is 2.32. The summed E-state index contributed by atoms with van der Waals surface area (Å²) in [5.41, 5.74) is 2.49. The van der Waals surface area contributed by atoms with Gasteiger partial charge in [0.25, 0.3) is 0 Å². The molecular weight excluding hydrogens is 250 g/mol. The average Bonchev–Trinajstić information content (AvgIpc) is 2.95. The molecule has 3 rings (SSSR count). The van der Waals surface area contributed by atoms with E-state index in [1.807, 2.05) is 12.1 Å². The molecule has 0 bridgehead atoms. The van der Waals surface area contributed by atoms with E-state index in [1.54, 1.807) is 0 Å². The van der Waals surface area contributed by atoms with E-state index in [4.69, 9.17) is 9.47 Å². The maximum absolute atomic E-state index is 5.37. The fraction of sp³-hybridized carbons (Fsp3) is 0.176. The van der Waals surface area contributed by atoms with Gasteiger partial charge in [0.05, 0.1) is 6.54 Å². The minimum Gasteiger partial charge on any atom is -0.454 e. The number of hydrogen-bond acceptors (Lipinski definition) is 2. The molecule has 0 fully saturated rings. The number of nitrogens with two attached hydrogens (primary N) is 1. The van der Waals surface area contributed by atoms with Crippen LogP contribution in [0.3, 0.4) is 0 Å². The SMILES string of the molecule is C(=C\c1ccccc1)/C[NH2+]Cc1ccc2c(c1)OCO2. The molecule has 2 N–H and O–H groups in total. The van der Waals surface area contributed by atoms with E-state index >= 15 is 0 Å². The van der Waals surface area contributed by atoms with Crippen LogP contribution in [0.2, 0.25) is 0 Å². The van der Waals surface area contributed by atoms with Crippen molar-refractivity contribution in [3.05, 3.63) is 65.7 Å². The summed E-state index contributed by atoms with van der Waals surface area (Å²) in [7, 11) is 0. The first-order valence-corrected chi connectivity index (χ1v) is 6.83. The van der Waals surface area contributed by atoms with E-state index in [0.29, 0.717) is 6.79 Å². The monoisotopic (exact) mass is 268 g/mol. The zero-order valence-corrected chi connectivity index (χ0v) is 11.3. The topological polar surface area (TPSA) is 35.1 Å². The van der Waals surface area contributed by atoms with Crippen LogP contribution in [0.25, 0.3) is 6.08 Å². The third-order valence-corrected chi connectivity index (χ3v) is 3.23. The van der Waals surface area contributed by atoms with Crippen LogP contribution in [0.4, 0.5) is 0 Å². The highest BCUT2D eigenvalue weighted by atomic mass is 16.7. The van der Waals surface area contributed by atoms with Gasteiger partial charge in [-0.1, -0.05) is 36.4 Å². The first-order chi connectivity index (χ1) is 9.92. The van der Waals surface area contributed by atoms with Crippen molar-refractivity contribution in [1.82, 2.24) is 0 Å². The standard InChI is InChI=1S/C17H17NO2/c1-2-5-14(6-3-1)7-4-10-18-12-15-8-9-16-17(11-15)20-13-19-16/h1-9,11,18H,10,12-13H2/p+1/b7-4+. The van der Waals surface area contributed by atoms with Gasteiger partial charge in [-0.2, -0.15) is 0 Å². The van der Waals surface area contributed by atoms with Crippen molar-refractivity contribution in [2.45, 2.75) is 6.54 Å². The van der Waals surface area contributed by atoms with Gasteiger partial charge in [-0.05, 0) is 29.8 Å². The minimum absolute atomic E-state index is 0.336. The lowest BCUT2D eigenvalue weighted by Gasteiger charge is -2.01. The third-order valence-electron chi connectivity index (χ3n) is 3.23. The lowest BCUT2D eigenvalue weighted by atomic mass is 10.2. The molecule has 0 aromatic heterocycles. The van der Waals surface area contributed by atoms with E-state index in [-0.39, 0.29) is 0 Å². The average molecular weight is 268 g/mol. The van der Waals surface area contributed by atoms with Gasteiger partial charge in [0, 0.05) is 5.56 Å². The third kappa shape index (κ3) is 3.19. The van der Waals surface area contributed by atoms with Gasteiger partial charge >= 0.3 is 0 Å². The predicted molar refractivity (Wildman–Crippen MR) is 78.5 cm³/mol. The molecule has 2 aromatic rings. The Labute approximate surface area is 118 Å². The number of fused-ring (bicyclic) bond motifs is 1. The molecule has 0 amide bonds. The molecule has 0 saturated carbocycles. The molecule has 102 valence electrons. The van der Waals surface area contributed by atoms with E-state index in [9.17, 15) is 0 Å². The van der Waals surface area contributed by atoms with Gasteiger partial charge in [-0.15, -0.1) is 0 Å². The Morgan fingerprint density at radius 2 is 1.85 bits per heavy atom. The zero-order valence-electron chi connectivity index (χ0n) is 11.3. The molecular formula is C17H18NO2+. The normalized spacial score (nSPS) is 13.0. The van der Waals surface area contributed by atoms with Crippen molar-refractivity contribution in [3.63, 3.8) is 0 Å². The predicted octanol–water partition coefficient (Wildman–Crippen LogP) is 2.19. The Hall–Kier alpha value is -2.26. The summed E-state index contributed by atoms with van der Waals surface area (Å²) in [6.45, 7) is 2.24. The molecule has 1 aliphatic heterocycles. The maximum atomic E-state index is 5.37. The number of rotatable bonds is 5. The van der Waals surface area contributed by atoms with Crippen LogP contribution in [-0.4, -0.2) is 13.3 Å². The quantitative estimate of drug-likeness (QED) is 0.844. The van der Waals surface area contributed by atoms with Gasteiger partial charge < -0.3 is 14.8 Å². The lowest BCUT2D eigenvalue weighted by Crippen LogP contribution is -2.82. The van der Waals surface area contributed by atoms with Crippen LogP contribution >= 0.6 is 0 Å². The highest BCUT2D eigenvalue weighted by molar-refractivity contribution is 5.48. The van der Waals surface area contributed by atoms with Crippen molar-refractivity contribution in [2.24, 2.45) is 0 Å². The Bertz CT molecular complexity index is 593. The fourth-order valence-corrected chi connectivity index (χ4v) is 2.18. The number of benzene rings is 2. The Kier molecular flexibility index (Phi) is 3.99. The lowest BCUT2D eigenvalue weighted by molar-refractivity contribution is -0.661. The van der Waals surface area contributed by atoms with E-state index in [0.717, 1.165) is 24.6 Å². The van der Waals surface area contributed by atoms with Crippen LogP contribution in [-0.2, 0) is 6.54 Å². The summed E-state index contributed by atoms with van der Waals surface area (Å²) in [5, 5.41) is 2.26. The molecule has 0 aliphatic carbocycles. The van der Waals surface area contributed by atoms with Crippen molar-refractivity contribution in [3.8, 4) is 11.5 Å². The first kappa shape index (κ1) is 12.8. The largest absolute Gasteiger partial charge is 0.454 e. The molecule has 0 unspecified atom stereocenters. The summed E-state index contributed by atoms with van der Waals surface area (Å²) >= 11 is 0. The molecule has 1 aliphatic rings. The smallest absolute Gasteiger partial charge is 0.231 e. The summed E-state index contributed by atoms with van der Waals surface area (Å²) in [6, 6.07) is 16.5. The van der Waals surface area contributed by atoms with E-state index < -0.39 is 0 Å². The molecule has 20 heavy (non-hydrogen) atoms. The van der Waals surface area contributed by atoms with Crippen LogP contribution in [0.5, 0.6) is 11.5 Å². The summed E-state index contributed by atoms with van der Waals surface area (Å²) in [6.07, 6.45) is 4.33. The van der Waals surface area contributed by atoms with Gasteiger partial charge in [0.2, 0.25) is 6.79 Å². The first-order valence-electron chi connectivity index (χ1n) is 6.83. The fourth-order valence-electron chi connectivity index (χ4n) is 2.18. The van der Waals surface area contributed by atoms with Crippen molar-refractivity contribution >= 4 is 6.08 Å².